The van der Waals surface area contributed by atoms with Crippen molar-refractivity contribution in [3.05, 3.63) is 41.7 Å². The first-order valence-corrected chi connectivity index (χ1v) is 5.85. The van der Waals surface area contributed by atoms with Crippen LogP contribution in [0.15, 0.2) is 30.5 Å². The second kappa shape index (κ2) is 5.13. The Hall–Kier alpha value is -1.69. The molecule has 2 aromatic rings. The van der Waals surface area contributed by atoms with Crippen molar-refractivity contribution < 1.29 is 17.9 Å². The van der Waals surface area contributed by atoms with E-state index < -0.39 is 11.9 Å². The van der Waals surface area contributed by atoms with Crippen LogP contribution in [0.4, 0.5) is 13.2 Å². The maximum atomic E-state index is 13.0. The zero-order valence-electron chi connectivity index (χ0n) is 9.91. The van der Waals surface area contributed by atoms with Crippen molar-refractivity contribution in [1.29, 1.82) is 0 Å². The molecule has 0 atom stereocenters. The standard InChI is InChI=1S/C12H10ClF3N2O/c1-19-10-4-2-9(3-5-10)18-11(12(14,15)16)8(6-13)7-17-18/h2-5,7H,6H2,1H3. The molecule has 0 bridgehead atoms. The third-order valence-electron chi connectivity index (χ3n) is 2.57. The highest BCUT2D eigenvalue weighted by atomic mass is 35.5. The molecule has 0 spiro atoms. The van der Waals surface area contributed by atoms with Crippen LogP contribution in [0.2, 0.25) is 0 Å². The number of alkyl halides is 4. The first kappa shape index (κ1) is 13.7. The van der Waals surface area contributed by atoms with Crippen molar-refractivity contribution in [3.63, 3.8) is 0 Å². The molecule has 0 aliphatic rings. The Kier molecular flexibility index (Phi) is 3.71. The van der Waals surface area contributed by atoms with Gasteiger partial charge in [0.05, 0.1) is 24.9 Å². The van der Waals surface area contributed by atoms with E-state index in [9.17, 15) is 13.2 Å². The molecule has 1 aromatic heterocycles. The smallest absolute Gasteiger partial charge is 0.433 e. The van der Waals surface area contributed by atoms with E-state index >= 15 is 0 Å². The van der Waals surface area contributed by atoms with Crippen LogP contribution in [0.25, 0.3) is 5.69 Å². The highest BCUT2D eigenvalue weighted by molar-refractivity contribution is 6.17. The molecular formula is C12H10ClF3N2O. The molecule has 102 valence electrons. The topological polar surface area (TPSA) is 27.1 Å². The van der Waals surface area contributed by atoms with Gasteiger partial charge in [0, 0.05) is 5.56 Å². The van der Waals surface area contributed by atoms with Gasteiger partial charge in [0.1, 0.15) is 5.75 Å². The SMILES string of the molecule is COc1ccc(-n2ncc(CCl)c2C(F)(F)F)cc1. The van der Waals surface area contributed by atoms with Gasteiger partial charge in [0.2, 0.25) is 0 Å². The number of hydrogen-bond acceptors (Lipinski definition) is 2. The lowest BCUT2D eigenvalue weighted by Crippen LogP contribution is -2.15. The summed E-state index contributed by atoms with van der Waals surface area (Å²) in [4.78, 5) is 0. The second-order valence-electron chi connectivity index (χ2n) is 3.76. The van der Waals surface area contributed by atoms with E-state index in [0.717, 1.165) is 10.9 Å². The van der Waals surface area contributed by atoms with E-state index in [1.807, 2.05) is 0 Å². The Morgan fingerprint density at radius 1 is 1.26 bits per heavy atom. The summed E-state index contributed by atoms with van der Waals surface area (Å²) in [6.45, 7) is 0. The summed E-state index contributed by atoms with van der Waals surface area (Å²) in [5, 5.41) is 3.75. The van der Waals surface area contributed by atoms with Crippen molar-refractivity contribution in [2.24, 2.45) is 0 Å². The molecular weight excluding hydrogens is 281 g/mol. The molecule has 0 saturated carbocycles. The van der Waals surface area contributed by atoms with Crippen LogP contribution >= 0.6 is 11.6 Å². The lowest BCUT2D eigenvalue weighted by molar-refractivity contribution is -0.143. The fourth-order valence-electron chi connectivity index (χ4n) is 1.70. The molecule has 0 unspecified atom stereocenters. The number of benzene rings is 1. The third kappa shape index (κ3) is 2.68. The first-order valence-electron chi connectivity index (χ1n) is 5.32. The van der Waals surface area contributed by atoms with Crippen molar-refractivity contribution in [1.82, 2.24) is 9.78 Å². The van der Waals surface area contributed by atoms with Gasteiger partial charge in [0.25, 0.3) is 0 Å². The average Bonchev–Trinajstić information content (AvgIpc) is 2.82. The molecule has 0 radical (unpaired) electrons. The molecule has 0 N–H and O–H groups in total. The Labute approximate surface area is 112 Å². The minimum atomic E-state index is -4.51. The summed E-state index contributed by atoms with van der Waals surface area (Å²) < 4.78 is 44.8. The molecule has 0 aliphatic carbocycles. The molecule has 1 aromatic carbocycles. The number of halogens is 4. The summed E-state index contributed by atoms with van der Waals surface area (Å²) in [6, 6.07) is 6.13. The molecule has 3 nitrogen and oxygen atoms in total. The Bertz CT molecular complexity index is 563. The minimum absolute atomic E-state index is 0.0509. The van der Waals surface area contributed by atoms with E-state index in [0.29, 0.717) is 11.4 Å². The number of nitrogens with zero attached hydrogens (tertiary/aromatic N) is 2. The molecule has 0 saturated heterocycles. The van der Waals surface area contributed by atoms with Gasteiger partial charge < -0.3 is 4.74 Å². The highest BCUT2D eigenvalue weighted by Gasteiger charge is 2.38. The number of ether oxygens (including phenoxy) is 1. The summed E-state index contributed by atoms with van der Waals surface area (Å²) in [7, 11) is 1.48. The van der Waals surface area contributed by atoms with Crippen molar-refractivity contribution >= 4 is 11.6 Å². The zero-order chi connectivity index (χ0) is 14.0. The lowest BCUT2D eigenvalue weighted by Gasteiger charge is -2.12. The molecule has 0 amide bonds. The Morgan fingerprint density at radius 2 is 1.89 bits per heavy atom. The normalized spacial score (nSPS) is 11.6. The number of rotatable bonds is 3. The summed E-state index contributed by atoms with van der Waals surface area (Å²) in [6.07, 6.45) is -3.39. The monoisotopic (exact) mass is 290 g/mol. The van der Waals surface area contributed by atoms with Gasteiger partial charge in [-0.3, -0.25) is 0 Å². The lowest BCUT2D eigenvalue weighted by atomic mass is 10.2. The number of aromatic nitrogens is 2. The fraction of sp³-hybridized carbons (Fsp3) is 0.250. The van der Waals surface area contributed by atoms with Crippen molar-refractivity contribution in [2.45, 2.75) is 12.1 Å². The van der Waals surface area contributed by atoms with Crippen molar-refractivity contribution in [3.8, 4) is 11.4 Å². The van der Waals surface area contributed by atoms with E-state index in [4.69, 9.17) is 16.3 Å². The van der Waals surface area contributed by atoms with Crippen LogP contribution in [0.5, 0.6) is 5.75 Å². The predicted molar refractivity (Wildman–Crippen MR) is 64.7 cm³/mol. The van der Waals surface area contributed by atoms with Crippen LogP contribution < -0.4 is 4.74 Å². The van der Waals surface area contributed by atoms with E-state index in [2.05, 4.69) is 5.10 Å². The van der Waals surface area contributed by atoms with Crippen LogP contribution in [-0.2, 0) is 12.1 Å². The summed E-state index contributed by atoms with van der Waals surface area (Å²) >= 11 is 5.51. The van der Waals surface area contributed by atoms with Gasteiger partial charge in [-0.05, 0) is 24.3 Å². The van der Waals surface area contributed by atoms with Gasteiger partial charge in [-0.2, -0.15) is 18.3 Å². The molecule has 0 fully saturated rings. The van der Waals surface area contributed by atoms with Crippen molar-refractivity contribution in [2.75, 3.05) is 7.11 Å². The fourth-order valence-corrected chi connectivity index (χ4v) is 1.90. The van der Waals surface area contributed by atoms with Gasteiger partial charge >= 0.3 is 6.18 Å². The first-order chi connectivity index (χ1) is 8.97. The predicted octanol–water partition coefficient (Wildman–Crippen LogP) is 3.64. The summed E-state index contributed by atoms with van der Waals surface area (Å²) in [5.41, 5.74) is -0.609. The summed E-state index contributed by atoms with van der Waals surface area (Å²) in [5.74, 6) is 0.312. The zero-order valence-corrected chi connectivity index (χ0v) is 10.7. The average molecular weight is 291 g/mol. The maximum absolute atomic E-state index is 13.0. The largest absolute Gasteiger partial charge is 0.497 e. The quantitative estimate of drug-likeness (QED) is 0.807. The Morgan fingerprint density at radius 3 is 2.37 bits per heavy atom. The van der Waals surface area contributed by atoms with E-state index in [1.54, 1.807) is 12.1 Å². The molecule has 7 heteroatoms. The molecule has 1 heterocycles. The van der Waals surface area contributed by atoms with Gasteiger partial charge in [0.15, 0.2) is 5.69 Å². The molecule has 2 rings (SSSR count). The third-order valence-corrected chi connectivity index (χ3v) is 2.86. The van der Waals surface area contributed by atoms with Crippen LogP contribution in [0, 0.1) is 0 Å². The van der Waals surface area contributed by atoms with Gasteiger partial charge in [-0.15, -0.1) is 11.6 Å². The number of methoxy groups -OCH3 is 1. The van der Waals surface area contributed by atoms with Crippen LogP contribution in [0.1, 0.15) is 11.3 Å². The molecule has 19 heavy (non-hydrogen) atoms. The van der Waals surface area contributed by atoms with Gasteiger partial charge in [-0.25, -0.2) is 4.68 Å². The Balaban J connectivity index is 2.52. The van der Waals surface area contributed by atoms with Crippen LogP contribution in [-0.4, -0.2) is 16.9 Å². The number of hydrogen-bond donors (Lipinski definition) is 0. The maximum Gasteiger partial charge on any atom is 0.433 e. The second-order valence-corrected chi connectivity index (χ2v) is 4.03. The van der Waals surface area contributed by atoms with Gasteiger partial charge in [-0.1, -0.05) is 0 Å². The molecule has 0 aliphatic heterocycles. The van der Waals surface area contributed by atoms with Crippen LogP contribution in [0.3, 0.4) is 0 Å². The highest BCUT2D eigenvalue weighted by Crippen LogP contribution is 2.34. The van der Waals surface area contributed by atoms with E-state index in [1.165, 1.54) is 19.2 Å². The van der Waals surface area contributed by atoms with E-state index in [-0.39, 0.29) is 11.4 Å². The minimum Gasteiger partial charge on any atom is -0.497 e.